The van der Waals surface area contributed by atoms with E-state index in [9.17, 15) is 9.59 Å². The second kappa shape index (κ2) is 7.24. The Bertz CT molecular complexity index is 261. The average Bonchev–Trinajstić information content (AvgIpc) is 2.16. The van der Waals surface area contributed by atoms with Crippen molar-refractivity contribution in [3.05, 3.63) is 0 Å². The van der Waals surface area contributed by atoms with Gasteiger partial charge in [0, 0.05) is 20.6 Å². The molecule has 0 aromatic carbocycles. The summed E-state index contributed by atoms with van der Waals surface area (Å²) in [5.74, 6) is -1.12. The molecule has 100 valence electrons. The minimum atomic E-state index is -0.908. The van der Waals surface area contributed by atoms with Crippen LogP contribution in [0.15, 0.2) is 0 Å². The molecule has 0 bridgehead atoms. The van der Waals surface area contributed by atoms with Gasteiger partial charge in [0.05, 0.1) is 13.0 Å². The fraction of sp³-hybridized carbons (Fsp3) is 0.818. The highest BCUT2D eigenvalue weighted by atomic mass is 16.7. The zero-order chi connectivity index (χ0) is 13.5. The van der Waals surface area contributed by atoms with Gasteiger partial charge in [-0.15, -0.1) is 0 Å². The van der Waals surface area contributed by atoms with Crippen molar-refractivity contribution in [3.8, 4) is 0 Å². The Morgan fingerprint density at radius 1 is 1.24 bits per heavy atom. The summed E-state index contributed by atoms with van der Waals surface area (Å²) in [6.45, 7) is 3.73. The number of carboxylic acids is 1. The van der Waals surface area contributed by atoms with E-state index >= 15 is 0 Å². The Balaban J connectivity index is 4.04. The minimum absolute atomic E-state index is 0.0432. The van der Waals surface area contributed by atoms with Crippen LogP contribution in [0, 0.1) is 5.41 Å². The van der Waals surface area contributed by atoms with Gasteiger partial charge in [0.2, 0.25) is 5.91 Å². The molecule has 0 rings (SSSR count). The summed E-state index contributed by atoms with van der Waals surface area (Å²) < 4.78 is 9.83. The molecule has 17 heavy (non-hydrogen) atoms. The lowest BCUT2D eigenvalue weighted by Gasteiger charge is -2.22. The predicted octanol–water partition coefficient (Wildman–Crippen LogP) is 0.612. The summed E-state index contributed by atoms with van der Waals surface area (Å²) in [6.07, 6.45) is -0.376. The molecule has 0 saturated carbocycles. The molecule has 0 aromatic rings. The first-order chi connectivity index (χ1) is 7.80. The van der Waals surface area contributed by atoms with E-state index < -0.39 is 17.7 Å². The summed E-state index contributed by atoms with van der Waals surface area (Å²) >= 11 is 0. The highest BCUT2D eigenvalue weighted by Crippen LogP contribution is 2.24. The molecule has 1 amide bonds. The van der Waals surface area contributed by atoms with Gasteiger partial charge in [-0.05, 0) is 5.41 Å². The maximum absolute atomic E-state index is 11.6. The average molecular weight is 247 g/mol. The smallest absolute Gasteiger partial charge is 0.303 e. The van der Waals surface area contributed by atoms with Gasteiger partial charge < -0.3 is 19.9 Å². The minimum Gasteiger partial charge on any atom is -0.481 e. The molecule has 6 nitrogen and oxygen atoms in total. The molecule has 0 saturated heterocycles. The van der Waals surface area contributed by atoms with Gasteiger partial charge in [-0.3, -0.25) is 9.59 Å². The third kappa shape index (κ3) is 7.70. The van der Waals surface area contributed by atoms with E-state index in [1.165, 1.54) is 14.2 Å². The molecular formula is C11H21NO5. The van der Waals surface area contributed by atoms with Crippen molar-refractivity contribution in [3.63, 3.8) is 0 Å². The first-order valence-corrected chi connectivity index (χ1v) is 5.35. The quantitative estimate of drug-likeness (QED) is 0.614. The molecule has 6 heteroatoms. The van der Waals surface area contributed by atoms with Crippen LogP contribution in [-0.4, -0.2) is 44.0 Å². The molecule has 0 aliphatic rings. The van der Waals surface area contributed by atoms with Crippen LogP contribution in [0.2, 0.25) is 0 Å². The van der Waals surface area contributed by atoms with Gasteiger partial charge in [-0.1, -0.05) is 13.8 Å². The first-order valence-electron chi connectivity index (χ1n) is 5.35. The number of hydrogen-bond acceptors (Lipinski definition) is 4. The number of methoxy groups -OCH3 is 2. The van der Waals surface area contributed by atoms with E-state index in [-0.39, 0.29) is 25.3 Å². The van der Waals surface area contributed by atoms with E-state index in [1.807, 2.05) is 0 Å². The summed E-state index contributed by atoms with van der Waals surface area (Å²) in [5, 5.41) is 11.3. The zero-order valence-corrected chi connectivity index (χ0v) is 10.8. The van der Waals surface area contributed by atoms with Gasteiger partial charge in [0.15, 0.2) is 6.29 Å². The Morgan fingerprint density at radius 2 is 1.76 bits per heavy atom. The van der Waals surface area contributed by atoms with Crippen LogP contribution in [0.5, 0.6) is 0 Å². The maximum atomic E-state index is 11.6. The Hall–Kier alpha value is -1.14. The number of rotatable bonds is 8. The number of carboxylic acid groups (broad SMARTS) is 1. The van der Waals surface area contributed by atoms with Gasteiger partial charge in [0.25, 0.3) is 0 Å². The molecule has 0 spiro atoms. The van der Waals surface area contributed by atoms with Crippen LogP contribution in [-0.2, 0) is 19.1 Å². The van der Waals surface area contributed by atoms with E-state index in [0.717, 1.165) is 0 Å². The number of amides is 1. The van der Waals surface area contributed by atoms with Crippen molar-refractivity contribution >= 4 is 11.9 Å². The number of carbonyl (C=O) groups is 2. The van der Waals surface area contributed by atoms with Crippen LogP contribution >= 0.6 is 0 Å². The van der Waals surface area contributed by atoms with Crippen LogP contribution in [0.25, 0.3) is 0 Å². The summed E-state index contributed by atoms with van der Waals surface area (Å²) in [4.78, 5) is 22.1. The molecule has 0 aromatic heterocycles. The molecule has 0 radical (unpaired) electrons. The lowest BCUT2D eigenvalue weighted by molar-refractivity contribution is -0.140. The Kier molecular flexibility index (Phi) is 6.75. The number of carbonyl (C=O) groups excluding carboxylic acids is 1. The van der Waals surface area contributed by atoms with E-state index in [2.05, 4.69) is 5.32 Å². The second-order valence-electron chi connectivity index (χ2n) is 4.62. The normalized spacial score (nSPS) is 11.6. The Morgan fingerprint density at radius 3 is 2.18 bits per heavy atom. The van der Waals surface area contributed by atoms with Gasteiger partial charge in [-0.25, -0.2) is 0 Å². The second-order valence-corrected chi connectivity index (χ2v) is 4.62. The van der Waals surface area contributed by atoms with Crippen molar-refractivity contribution in [1.82, 2.24) is 5.32 Å². The molecule has 0 unspecified atom stereocenters. The van der Waals surface area contributed by atoms with Crippen LogP contribution in [0.3, 0.4) is 0 Å². The lowest BCUT2D eigenvalue weighted by atomic mass is 9.85. The first kappa shape index (κ1) is 15.9. The van der Waals surface area contributed by atoms with E-state index in [4.69, 9.17) is 14.6 Å². The fourth-order valence-corrected chi connectivity index (χ4v) is 1.43. The van der Waals surface area contributed by atoms with Crippen molar-refractivity contribution in [2.45, 2.75) is 33.0 Å². The van der Waals surface area contributed by atoms with Crippen LogP contribution in [0.1, 0.15) is 26.7 Å². The summed E-state index contributed by atoms with van der Waals surface area (Å²) in [5.41, 5.74) is -0.564. The van der Waals surface area contributed by atoms with Gasteiger partial charge in [-0.2, -0.15) is 0 Å². The third-order valence-electron chi connectivity index (χ3n) is 2.26. The van der Waals surface area contributed by atoms with E-state index in [1.54, 1.807) is 13.8 Å². The van der Waals surface area contributed by atoms with Gasteiger partial charge >= 0.3 is 5.97 Å². The molecule has 2 N–H and O–H groups in total. The topological polar surface area (TPSA) is 84.9 Å². The van der Waals surface area contributed by atoms with Crippen LogP contribution < -0.4 is 5.32 Å². The SMILES string of the molecule is COC(CNC(=O)CC(C)(C)CC(=O)O)OC. The Labute approximate surface area is 101 Å². The molecule has 0 atom stereocenters. The summed E-state index contributed by atoms with van der Waals surface area (Å²) in [7, 11) is 2.96. The maximum Gasteiger partial charge on any atom is 0.303 e. The number of ether oxygens (including phenoxy) is 2. The molecular weight excluding hydrogens is 226 g/mol. The van der Waals surface area contributed by atoms with Crippen LogP contribution in [0.4, 0.5) is 0 Å². The molecule has 0 aliphatic carbocycles. The van der Waals surface area contributed by atoms with Crippen molar-refractivity contribution in [1.29, 1.82) is 0 Å². The summed E-state index contributed by atoms with van der Waals surface area (Å²) in [6, 6.07) is 0. The number of nitrogens with one attached hydrogen (secondary N) is 1. The molecule has 0 fully saturated rings. The third-order valence-corrected chi connectivity index (χ3v) is 2.26. The van der Waals surface area contributed by atoms with E-state index in [0.29, 0.717) is 0 Å². The molecule has 0 heterocycles. The fourth-order valence-electron chi connectivity index (χ4n) is 1.43. The highest BCUT2D eigenvalue weighted by Gasteiger charge is 2.25. The van der Waals surface area contributed by atoms with Crippen molar-refractivity contribution in [2.24, 2.45) is 5.41 Å². The number of aliphatic carboxylic acids is 1. The standard InChI is InChI=1S/C11H21NO5/c1-11(2,6-9(14)15)5-8(13)12-7-10(16-3)17-4/h10H,5-7H2,1-4H3,(H,12,13)(H,14,15). The van der Waals surface area contributed by atoms with Gasteiger partial charge in [0.1, 0.15) is 0 Å². The monoisotopic (exact) mass is 247 g/mol. The lowest BCUT2D eigenvalue weighted by Crippen LogP contribution is -2.36. The molecule has 0 aliphatic heterocycles. The van der Waals surface area contributed by atoms with Crippen molar-refractivity contribution in [2.75, 3.05) is 20.8 Å². The predicted molar refractivity (Wildman–Crippen MR) is 61.5 cm³/mol. The zero-order valence-electron chi connectivity index (χ0n) is 10.8. The van der Waals surface area contributed by atoms with Crippen molar-refractivity contribution < 1.29 is 24.2 Å². The highest BCUT2D eigenvalue weighted by molar-refractivity contribution is 5.77. The largest absolute Gasteiger partial charge is 0.481 e. The number of hydrogen-bond donors (Lipinski definition) is 2.